The number of likely N-dealkylation sites (tertiary alicyclic amines) is 1. The number of halogens is 1. The first kappa shape index (κ1) is 15.4. The van der Waals surface area contributed by atoms with Gasteiger partial charge in [0.2, 0.25) is 0 Å². The van der Waals surface area contributed by atoms with E-state index < -0.39 is 0 Å². The third-order valence-electron chi connectivity index (χ3n) is 4.74. The Morgan fingerprint density at radius 3 is 2.65 bits per heavy atom. The van der Waals surface area contributed by atoms with Crippen LogP contribution in [0.2, 0.25) is 0 Å². The highest BCUT2D eigenvalue weighted by atomic mass is 32.1. The predicted octanol–water partition coefficient (Wildman–Crippen LogP) is 3.47. The summed E-state index contributed by atoms with van der Waals surface area (Å²) in [5.41, 5.74) is 7.86. The normalized spacial score (nSPS) is 18.4. The van der Waals surface area contributed by atoms with Gasteiger partial charge in [-0.1, -0.05) is 26.1 Å². The molecular formula is C16H23FN2S. The van der Waals surface area contributed by atoms with Crippen LogP contribution in [0, 0.1) is 11.2 Å². The summed E-state index contributed by atoms with van der Waals surface area (Å²) in [6, 6.07) is 4.67. The van der Waals surface area contributed by atoms with E-state index in [2.05, 4.69) is 18.7 Å². The van der Waals surface area contributed by atoms with E-state index in [0.717, 1.165) is 30.8 Å². The molecule has 0 amide bonds. The van der Waals surface area contributed by atoms with E-state index in [1.807, 2.05) is 0 Å². The number of thiocarbonyl (C=S) groups is 1. The fourth-order valence-electron chi connectivity index (χ4n) is 3.16. The van der Waals surface area contributed by atoms with Crippen molar-refractivity contribution >= 4 is 17.2 Å². The van der Waals surface area contributed by atoms with Crippen molar-refractivity contribution in [3.8, 4) is 0 Å². The lowest BCUT2D eigenvalue weighted by atomic mass is 9.82. The highest BCUT2D eigenvalue weighted by Crippen LogP contribution is 2.37. The molecule has 2 N–H and O–H groups in total. The number of hydrogen-bond donors (Lipinski definition) is 1. The van der Waals surface area contributed by atoms with Crippen LogP contribution in [0.15, 0.2) is 18.2 Å². The molecule has 1 aliphatic heterocycles. The largest absolute Gasteiger partial charge is 0.389 e. The van der Waals surface area contributed by atoms with E-state index in [9.17, 15) is 4.39 Å². The molecule has 4 heteroatoms. The summed E-state index contributed by atoms with van der Waals surface area (Å²) >= 11 is 5.06. The van der Waals surface area contributed by atoms with Crippen LogP contribution in [-0.2, 0) is 6.54 Å². The summed E-state index contributed by atoms with van der Waals surface area (Å²) in [4.78, 5) is 2.74. The summed E-state index contributed by atoms with van der Waals surface area (Å²) < 4.78 is 13.5. The summed E-state index contributed by atoms with van der Waals surface area (Å²) in [6.07, 6.45) is 3.62. The fraction of sp³-hybridized carbons (Fsp3) is 0.562. The molecule has 20 heavy (non-hydrogen) atoms. The number of benzene rings is 1. The quantitative estimate of drug-likeness (QED) is 0.843. The van der Waals surface area contributed by atoms with Crippen molar-refractivity contribution in [3.63, 3.8) is 0 Å². The second-order valence-electron chi connectivity index (χ2n) is 5.83. The van der Waals surface area contributed by atoms with Crippen LogP contribution in [0.25, 0.3) is 0 Å². The van der Waals surface area contributed by atoms with Gasteiger partial charge in [-0.25, -0.2) is 4.39 Å². The van der Waals surface area contributed by atoms with Crippen molar-refractivity contribution in [1.82, 2.24) is 4.90 Å². The summed E-state index contributed by atoms with van der Waals surface area (Å²) in [5, 5.41) is 0. The second-order valence-corrected chi connectivity index (χ2v) is 6.27. The van der Waals surface area contributed by atoms with Crippen LogP contribution in [0.5, 0.6) is 0 Å². The molecule has 0 bridgehead atoms. The molecular weight excluding hydrogens is 271 g/mol. The van der Waals surface area contributed by atoms with Gasteiger partial charge in [0.25, 0.3) is 0 Å². The highest BCUT2D eigenvalue weighted by molar-refractivity contribution is 7.80. The van der Waals surface area contributed by atoms with Gasteiger partial charge in [-0.3, -0.25) is 4.90 Å². The Morgan fingerprint density at radius 2 is 2.10 bits per heavy atom. The van der Waals surface area contributed by atoms with Gasteiger partial charge >= 0.3 is 0 Å². The summed E-state index contributed by atoms with van der Waals surface area (Å²) in [5.74, 6) is -0.226. The number of hydrogen-bond acceptors (Lipinski definition) is 2. The Hall–Kier alpha value is -1.00. The predicted molar refractivity (Wildman–Crippen MR) is 85.2 cm³/mol. The lowest BCUT2D eigenvalue weighted by Crippen LogP contribution is -2.27. The molecule has 0 atom stereocenters. The Kier molecular flexibility index (Phi) is 4.76. The van der Waals surface area contributed by atoms with Gasteiger partial charge in [0.1, 0.15) is 10.8 Å². The lowest BCUT2D eigenvalue weighted by molar-refractivity contribution is 0.236. The van der Waals surface area contributed by atoms with E-state index >= 15 is 0 Å². The van der Waals surface area contributed by atoms with E-state index in [0.29, 0.717) is 10.4 Å². The van der Waals surface area contributed by atoms with Gasteiger partial charge in [0, 0.05) is 18.7 Å². The zero-order chi connectivity index (χ0) is 14.8. The van der Waals surface area contributed by atoms with Crippen molar-refractivity contribution in [2.45, 2.75) is 39.7 Å². The minimum Gasteiger partial charge on any atom is -0.389 e. The monoisotopic (exact) mass is 294 g/mol. The second kappa shape index (κ2) is 6.19. The Bertz CT molecular complexity index is 497. The molecule has 0 saturated carbocycles. The van der Waals surface area contributed by atoms with Crippen LogP contribution in [0.4, 0.5) is 4.39 Å². The Balaban J connectivity index is 2.15. The van der Waals surface area contributed by atoms with E-state index in [4.69, 9.17) is 18.0 Å². The molecule has 1 aromatic carbocycles. The molecule has 0 unspecified atom stereocenters. The van der Waals surface area contributed by atoms with Crippen molar-refractivity contribution in [2.75, 3.05) is 13.1 Å². The SMILES string of the molecule is CCC1(CC)CCN(Cc2cc(F)ccc2C(N)=S)C1. The van der Waals surface area contributed by atoms with Crippen LogP contribution in [0.1, 0.15) is 44.2 Å². The zero-order valence-electron chi connectivity index (χ0n) is 12.3. The van der Waals surface area contributed by atoms with Gasteiger partial charge in [-0.2, -0.15) is 0 Å². The van der Waals surface area contributed by atoms with Gasteiger partial charge in [-0.05, 0) is 55.0 Å². The first-order valence-corrected chi connectivity index (χ1v) is 7.71. The summed E-state index contributed by atoms with van der Waals surface area (Å²) in [7, 11) is 0. The molecule has 0 aliphatic carbocycles. The van der Waals surface area contributed by atoms with Crippen LogP contribution < -0.4 is 5.73 Å². The zero-order valence-corrected chi connectivity index (χ0v) is 13.1. The standard InChI is InChI=1S/C16H23FN2S/c1-3-16(4-2)7-8-19(11-16)10-12-9-13(17)5-6-14(12)15(18)20/h5-6,9H,3-4,7-8,10-11H2,1-2H3,(H2,18,20). The maximum Gasteiger partial charge on any atom is 0.123 e. The van der Waals surface area contributed by atoms with E-state index in [1.54, 1.807) is 12.1 Å². The minimum atomic E-state index is -0.226. The number of rotatable bonds is 5. The summed E-state index contributed by atoms with van der Waals surface area (Å²) in [6.45, 7) is 7.39. The van der Waals surface area contributed by atoms with Crippen LogP contribution in [0.3, 0.4) is 0 Å². The molecule has 0 radical (unpaired) electrons. The topological polar surface area (TPSA) is 29.3 Å². The maximum atomic E-state index is 13.5. The molecule has 1 fully saturated rings. The smallest absolute Gasteiger partial charge is 0.123 e. The third kappa shape index (κ3) is 3.18. The average Bonchev–Trinajstić information content (AvgIpc) is 2.82. The van der Waals surface area contributed by atoms with Crippen molar-refractivity contribution in [2.24, 2.45) is 11.1 Å². The molecule has 1 aromatic rings. The first-order chi connectivity index (χ1) is 9.49. The van der Waals surface area contributed by atoms with Gasteiger partial charge in [-0.15, -0.1) is 0 Å². The average molecular weight is 294 g/mol. The number of nitrogens with zero attached hydrogens (tertiary/aromatic N) is 1. The third-order valence-corrected chi connectivity index (χ3v) is 4.96. The molecule has 2 rings (SSSR count). The number of nitrogens with two attached hydrogens (primary N) is 1. The van der Waals surface area contributed by atoms with Crippen LogP contribution in [-0.4, -0.2) is 23.0 Å². The van der Waals surface area contributed by atoms with E-state index in [1.165, 1.54) is 25.3 Å². The molecule has 110 valence electrons. The maximum absolute atomic E-state index is 13.5. The molecule has 1 aliphatic rings. The minimum absolute atomic E-state index is 0.226. The van der Waals surface area contributed by atoms with Crippen molar-refractivity contribution < 1.29 is 4.39 Å². The Labute approximate surface area is 126 Å². The molecule has 1 saturated heterocycles. The molecule has 1 heterocycles. The highest BCUT2D eigenvalue weighted by Gasteiger charge is 2.34. The molecule has 2 nitrogen and oxygen atoms in total. The lowest BCUT2D eigenvalue weighted by Gasteiger charge is -2.26. The van der Waals surface area contributed by atoms with Gasteiger partial charge in [0.05, 0.1) is 0 Å². The van der Waals surface area contributed by atoms with E-state index in [-0.39, 0.29) is 5.82 Å². The fourth-order valence-corrected chi connectivity index (χ4v) is 3.36. The van der Waals surface area contributed by atoms with Gasteiger partial charge in [0.15, 0.2) is 0 Å². The van der Waals surface area contributed by atoms with Gasteiger partial charge < -0.3 is 5.73 Å². The molecule has 0 aromatic heterocycles. The van der Waals surface area contributed by atoms with Crippen molar-refractivity contribution in [3.05, 3.63) is 35.1 Å². The molecule has 0 spiro atoms. The first-order valence-electron chi connectivity index (χ1n) is 7.30. The Morgan fingerprint density at radius 1 is 1.40 bits per heavy atom. The van der Waals surface area contributed by atoms with Crippen LogP contribution >= 0.6 is 12.2 Å². The van der Waals surface area contributed by atoms with Crippen molar-refractivity contribution in [1.29, 1.82) is 0 Å².